The lowest BCUT2D eigenvalue weighted by Crippen LogP contribution is -2.29. The van der Waals surface area contributed by atoms with E-state index in [9.17, 15) is 14.4 Å². The van der Waals surface area contributed by atoms with Crippen LogP contribution in [0.2, 0.25) is 0 Å². The zero-order chi connectivity index (χ0) is 17.2. The van der Waals surface area contributed by atoms with Crippen molar-refractivity contribution in [2.45, 2.75) is 54.1 Å². The van der Waals surface area contributed by atoms with Gasteiger partial charge in [-0.25, -0.2) is 14.2 Å². The van der Waals surface area contributed by atoms with E-state index in [1.54, 1.807) is 41.5 Å². The summed E-state index contributed by atoms with van der Waals surface area (Å²) in [4.78, 5) is 36.4. The maximum Gasteiger partial charge on any atom is 0.419 e. The number of carbonyl (C=O) groups is 3. The number of esters is 1. The van der Waals surface area contributed by atoms with Gasteiger partial charge < -0.3 is 9.47 Å². The molecule has 1 rings (SSSR count). The van der Waals surface area contributed by atoms with Gasteiger partial charge in [-0.3, -0.25) is 4.79 Å². The maximum atomic E-state index is 12.4. The van der Waals surface area contributed by atoms with Crippen molar-refractivity contribution in [2.24, 2.45) is 0 Å². The largest absolute Gasteiger partial charge is 0.462 e. The molecule has 0 spiro atoms. The number of ether oxygens (including phenoxy) is 2. The molecule has 1 aromatic heterocycles. The summed E-state index contributed by atoms with van der Waals surface area (Å²) in [5, 5.41) is 0. The maximum absolute atomic E-state index is 12.4. The SMILES string of the molecule is CCOC(=O)c1c(C)c(C(C)=O)n(C(=O)OC(C)(C)C)c1C. The predicted molar refractivity (Wildman–Crippen MR) is 81.5 cm³/mol. The summed E-state index contributed by atoms with van der Waals surface area (Å²) < 4.78 is 11.5. The summed E-state index contributed by atoms with van der Waals surface area (Å²) in [7, 11) is 0. The highest BCUT2D eigenvalue weighted by Gasteiger charge is 2.30. The van der Waals surface area contributed by atoms with Crippen LogP contribution < -0.4 is 0 Å². The lowest BCUT2D eigenvalue weighted by atomic mass is 10.1. The van der Waals surface area contributed by atoms with Gasteiger partial charge >= 0.3 is 12.1 Å². The highest BCUT2D eigenvalue weighted by molar-refractivity contribution is 6.03. The van der Waals surface area contributed by atoms with Crippen LogP contribution in [0.5, 0.6) is 0 Å². The molecule has 0 saturated heterocycles. The molecule has 0 N–H and O–H groups in total. The normalized spacial score (nSPS) is 11.2. The monoisotopic (exact) mass is 309 g/mol. The van der Waals surface area contributed by atoms with E-state index in [2.05, 4.69) is 0 Å². The molecule has 0 unspecified atom stereocenters. The second-order valence-corrected chi connectivity index (χ2v) is 6.03. The molecule has 1 aromatic rings. The molecule has 1 heterocycles. The van der Waals surface area contributed by atoms with E-state index in [0.29, 0.717) is 11.3 Å². The standard InChI is InChI=1S/C16H23NO5/c1-8-21-14(19)12-9(2)13(11(4)18)17(10(12)3)15(20)22-16(5,6)7/h8H2,1-7H3. The van der Waals surface area contributed by atoms with Crippen molar-refractivity contribution in [3.63, 3.8) is 0 Å². The van der Waals surface area contributed by atoms with E-state index in [-0.39, 0.29) is 23.6 Å². The Labute approximate surface area is 130 Å². The fourth-order valence-electron chi connectivity index (χ4n) is 2.30. The van der Waals surface area contributed by atoms with Crippen LogP contribution in [0.25, 0.3) is 0 Å². The third-order valence-electron chi connectivity index (χ3n) is 3.04. The number of hydrogen-bond acceptors (Lipinski definition) is 5. The van der Waals surface area contributed by atoms with Crippen molar-refractivity contribution in [1.82, 2.24) is 4.57 Å². The summed E-state index contributed by atoms with van der Waals surface area (Å²) in [6, 6.07) is 0. The molecule has 0 atom stereocenters. The summed E-state index contributed by atoms with van der Waals surface area (Å²) in [6.07, 6.45) is -0.686. The quantitative estimate of drug-likeness (QED) is 0.633. The number of hydrogen-bond donors (Lipinski definition) is 0. The number of rotatable bonds is 3. The Morgan fingerprint density at radius 3 is 2.09 bits per heavy atom. The van der Waals surface area contributed by atoms with E-state index >= 15 is 0 Å². The second kappa shape index (κ2) is 6.34. The molecule has 122 valence electrons. The lowest BCUT2D eigenvalue weighted by molar-refractivity contribution is 0.0520. The van der Waals surface area contributed by atoms with Crippen molar-refractivity contribution in [3.8, 4) is 0 Å². The van der Waals surface area contributed by atoms with Crippen LogP contribution in [-0.2, 0) is 9.47 Å². The Morgan fingerprint density at radius 2 is 1.68 bits per heavy atom. The van der Waals surface area contributed by atoms with Gasteiger partial charge in [-0.1, -0.05) is 0 Å². The predicted octanol–water partition coefficient (Wildman–Crippen LogP) is 3.27. The number of ketones is 1. The van der Waals surface area contributed by atoms with E-state index in [1.807, 2.05) is 0 Å². The van der Waals surface area contributed by atoms with Crippen LogP contribution in [0.4, 0.5) is 4.79 Å². The molecule has 0 saturated carbocycles. The van der Waals surface area contributed by atoms with Crippen molar-refractivity contribution < 1.29 is 23.9 Å². The molecule has 0 radical (unpaired) electrons. The molecule has 0 fully saturated rings. The van der Waals surface area contributed by atoms with Gasteiger partial charge in [-0.2, -0.15) is 0 Å². The van der Waals surface area contributed by atoms with Crippen LogP contribution in [-0.4, -0.2) is 34.6 Å². The van der Waals surface area contributed by atoms with E-state index in [4.69, 9.17) is 9.47 Å². The van der Waals surface area contributed by atoms with Crippen molar-refractivity contribution in [2.75, 3.05) is 6.61 Å². The molecule has 0 amide bonds. The summed E-state index contributed by atoms with van der Waals surface area (Å²) in [5.74, 6) is -0.871. The van der Waals surface area contributed by atoms with Crippen molar-refractivity contribution >= 4 is 17.8 Å². The van der Waals surface area contributed by atoms with Crippen LogP contribution in [0, 0.1) is 13.8 Å². The molecule has 0 aliphatic carbocycles. The number of Topliss-reactive ketones (excluding diaryl/α,β-unsaturated/α-hetero) is 1. The van der Waals surface area contributed by atoms with E-state index in [1.165, 1.54) is 6.92 Å². The molecule has 0 bridgehead atoms. The smallest absolute Gasteiger partial charge is 0.419 e. The van der Waals surface area contributed by atoms with Crippen LogP contribution in [0.3, 0.4) is 0 Å². The Morgan fingerprint density at radius 1 is 1.14 bits per heavy atom. The van der Waals surface area contributed by atoms with Crippen LogP contribution in [0.1, 0.15) is 66.7 Å². The van der Waals surface area contributed by atoms with Gasteiger partial charge in [0.2, 0.25) is 0 Å². The zero-order valence-electron chi connectivity index (χ0n) is 14.2. The number of aromatic nitrogens is 1. The Bertz CT molecular complexity index is 619. The lowest BCUT2D eigenvalue weighted by Gasteiger charge is -2.21. The minimum atomic E-state index is -0.708. The topological polar surface area (TPSA) is 74.6 Å². The first-order chi connectivity index (χ1) is 10.0. The molecule has 22 heavy (non-hydrogen) atoms. The fourth-order valence-corrected chi connectivity index (χ4v) is 2.30. The average Bonchev–Trinajstić information content (AvgIpc) is 2.59. The Kier molecular flexibility index (Phi) is 5.17. The second-order valence-electron chi connectivity index (χ2n) is 6.03. The molecular formula is C16H23NO5. The highest BCUT2D eigenvalue weighted by Crippen LogP contribution is 2.25. The van der Waals surface area contributed by atoms with Gasteiger partial charge in [0.1, 0.15) is 5.60 Å². The van der Waals surface area contributed by atoms with Crippen molar-refractivity contribution in [3.05, 3.63) is 22.5 Å². The van der Waals surface area contributed by atoms with Gasteiger partial charge in [-0.05, 0) is 47.1 Å². The van der Waals surface area contributed by atoms with Crippen LogP contribution >= 0.6 is 0 Å². The highest BCUT2D eigenvalue weighted by atomic mass is 16.6. The molecule has 6 heteroatoms. The third kappa shape index (κ3) is 3.55. The Balaban J connectivity index is 3.50. The van der Waals surface area contributed by atoms with Crippen molar-refractivity contribution in [1.29, 1.82) is 0 Å². The van der Waals surface area contributed by atoms with Gasteiger partial charge in [0, 0.05) is 12.6 Å². The summed E-state index contributed by atoms with van der Waals surface area (Å²) >= 11 is 0. The summed E-state index contributed by atoms with van der Waals surface area (Å²) in [5.41, 5.74) is 0.442. The summed E-state index contributed by atoms with van der Waals surface area (Å²) in [6.45, 7) is 11.7. The van der Waals surface area contributed by atoms with E-state index < -0.39 is 17.7 Å². The first kappa shape index (κ1) is 17.9. The first-order valence-corrected chi connectivity index (χ1v) is 7.14. The fraction of sp³-hybridized carbons (Fsp3) is 0.562. The van der Waals surface area contributed by atoms with Crippen LogP contribution in [0.15, 0.2) is 0 Å². The zero-order valence-corrected chi connectivity index (χ0v) is 14.2. The van der Waals surface area contributed by atoms with Gasteiger partial charge in [-0.15, -0.1) is 0 Å². The number of carbonyl (C=O) groups excluding carboxylic acids is 3. The van der Waals surface area contributed by atoms with Gasteiger partial charge in [0.25, 0.3) is 0 Å². The first-order valence-electron chi connectivity index (χ1n) is 7.14. The molecule has 0 aliphatic rings. The molecular weight excluding hydrogens is 286 g/mol. The third-order valence-corrected chi connectivity index (χ3v) is 3.04. The van der Waals surface area contributed by atoms with Gasteiger partial charge in [0.15, 0.2) is 5.78 Å². The minimum absolute atomic E-state index is 0.148. The minimum Gasteiger partial charge on any atom is -0.462 e. The number of nitrogens with zero attached hydrogens (tertiary/aromatic N) is 1. The molecule has 6 nitrogen and oxygen atoms in total. The Hall–Kier alpha value is -2.11. The molecule has 0 aliphatic heterocycles. The van der Waals surface area contributed by atoms with E-state index in [0.717, 1.165) is 4.57 Å². The molecule has 0 aromatic carbocycles. The average molecular weight is 309 g/mol. The van der Waals surface area contributed by atoms with Gasteiger partial charge in [0.05, 0.1) is 17.9 Å².